The number of aromatic nitrogens is 2. The van der Waals surface area contributed by atoms with Gasteiger partial charge in [0.15, 0.2) is 0 Å². The van der Waals surface area contributed by atoms with Crippen LogP contribution in [0.4, 0.5) is 5.69 Å². The number of carbonyl (C=O) groups is 1. The van der Waals surface area contributed by atoms with Crippen LogP contribution in [0.2, 0.25) is 0 Å². The predicted octanol–water partition coefficient (Wildman–Crippen LogP) is 2.60. The lowest BCUT2D eigenvalue weighted by Gasteiger charge is -2.15. The summed E-state index contributed by atoms with van der Waals surface area (Å²) >= 11 is 0. The first-order valence-corrected chi connectivity index (χ1v) is 6.48. The summed E-state index contributed by atoms with van der Waals surface area (Å²) in [5.74, 6) is -0.531. The number of rotatable bonds is 7. The summed E-state index contributed by atoms with van der Waals surface area (Å²) in [5.41, 5.74) is 1.75. The summed E-state index contributed by atoms with van der Waals surface area (Å²) in [7, 11) is 1.85. The number of anilines is 1. The first kappa shape index (κ1) is 14.5. The first-order chi connectivity index (χ1) is 8.45. The van der Waals surface area contributed by atoms with Gasteiger partial charge in [0, 0.05) is 13.2 Å². The normalized spacial score (nSPS) is 12.7. The summed E-state index contributed by atoms with van der Waals surface area (Å²) in [5, 5.41) is 16.7. The van der Waals surface area contributed by atoms with Crippen LogP contribution in [0.3, 0.4) is 0 Å². The molecule has 0 spiro atoms. The van der Waals surface area contributed by atoms with Crippen LogP contribution in [0.25, 0.3) is 0 Å². The zero-order valence-electron chi connectivity index (χ0n) is 11.6. The Morgan fingerprint density at radius 2 is 2.22 bits per heavy atom. The van der Waals surface area contributed by atoms with Crippen LogP contribution in [0.1, 0.15) is 51.6 Å². The van der Waals surface area contributed by atoms with Crippen LogP contribution in [0, 0.1) is 0 Å². The average molecular weight is 253 g/mol. The molecule has 18 heavy (non-hydrogen) atoms. The predicted molar refractivity (Wildman–Crippen MR) is 71.9 cm³/mol. The fraction of sp³-hybridized carbons (Fsp3) is 0.692. The second-order valence-electron chi connectivity index (χ2n) is 4.93. The van der Waals surface area contributed by atoms with Gasteiger partial charge in [-0.15, -0.1) is 0 Å². The molecule has 1 unspecified atom stereocenters. The third kappa shape index (κ3) is 3.75. The second kappa shape index (κ2) is 6.42. The van der Waals surface area contributed by atoms with Crippen molar-refractivity contribution in [3.63, 3.8) is 0 Å². The van der Waals surface area contributed by atoms with Crippen molar-refractivity contribution in [2.45, 2.75) is 52.0 Å². The van der Waals surface area contributed by atoms with Crippen molar-refractivity contribution in [3.05, 3.63) is 11.9 Å². The summed E-state index contributed by atoms with van der Waals surface area (Å²) < 4.78 is 1.72. The molecule has 1 rings (SSSR count). The fourth-order valence-corrected chi connectivity index (χ4v) is 1.90. The molecule has 5 heteroatoms. The summed E-state index contributed by atoms with van der Waals surface area (Å²) in [4.78, 5) is 11.2. The van der Waals surface area contributed by atoms with E-state index in [4.69, 9.17) is 0 Å². The second-order valence-corrected chi connectivity index (χ2v) is 4.93. The molecule has 0 aliphatic carbocycles. The van der Waals surface area contributed by atoms with Crippen LogP contribution in [0.5, 0.6) is 0 Å². The van der Waals surface area contributed by atoms with Gasteiger partial charge in [-0.3, -0.25) is 4.68 Å². The third-order valence-electron chi connectivity index (χ3n) is 2.88. The van der Waals surface area contributed by atoms with Crippen LogP contribution in [0.15, 0.2) is 6.20 Å². The smallest absolute Gasteiger partial charge is 0.326 e. The van der Waals surface area contributed by atoms with E-state index in [0.717, 1.165) is 24.2 Å². The van der Waals surface area contributed by atoms with E-state index in [9.17, 15) is 9.90 Å². The molecule has 0 saturated heterocycles. The van der Waals surface area contributed by atoms with Crippen LogP contribution < -0.4 is 5.32 Å². The van der Waals surface area contributed by atoms with Gasteiger partial charge in [0.1, 0.15) is 6.04 Å². The maximum Gasteiger partial charge on any atom is 0.326 e. The quantitative estimate of drug-likeness (QED) is 0.783. The van der Waals surface area contributed by atoms with Crippen molar-refractivity contribution in [2.24, 2.45) is 7.05 Å². The van der Waals surface area contributed by atoms with E-state index < -0.39 is 12.0 Å². The molecule has 1 aromatic rings. The molecule has 0 radical (unpaired) electrons. The van der Waals surface area contributed by atoms with Gasteiger partial charge in [0.2, 0.25) is 0 Å². The Balaban J connectivity index is 2.82. The fourth-order valence-electron chi connectivity index (χ4n) is 1.90. The molecule has 5 nitrogen and oxygen atoms in total. The van der Waals surface area contributed by atoms with Crippen LogP contribution in [-0.4, -0.2) is 26.9 Å². The van der Waals surface area contributed by atoms with Gasteiger partial charge in [-0.25, -0.2) is 4.79 Å². The number of hydrogen-bond donors (Lipinski definition) is 2. The third-order valence-corrected chi connectivity index (χ3v) is 2.88. The van der Waals surface area contributed by atoms with E-state index in [0.29, 0.717) is 6.42 Å². The number of unbranched alkanes of at least 4 members (excludes halogenated alkanes) is 1. The van der Waals surface area contributed by atoms with E-state index in [1.807, 2.05) is 13.2 Å². The Hall–Kier alpha value is -1.52. The van der Waals surface area contributed by atoms with E-state index >= 15 is 0 Å². The molecule has 0 saturated carbocycles. The standard InChI is InChI=1S/C13H23N3O2/c1-5-6-7-10(13(17)18)14-11-8-16(4)15-12(11)9(2)3/h8-10,14H,5-7H2,1-4H3,(H,17,18). The largest absolute Gasteiger partial charge is 0.480 e. The maximum absolute atomic E-state index is 11.2. The molecule has 2 N–H and O–H groups in total. The maximum atomic E-state index is 11.2. The molecule has 1 heterocycles. The number of nitrogens with zero attached hydrogens (tertiary/aromatic N) is 2. The van der Waals surface area contributed by atoms with Gasteiger partial charge in [-0.05, 0) is 12.3 Å². The number of carboxylic acid groups (broad SMARTS) is 1. The zero-order chi connectivity index (χ0) is 13.7. The number of hydrogen-bond acceptors (Lipinski definition) is 3. The van der Waals surface area contributed by atoms with Crippen LogP contribution >= 0.6 is 0 Å². The van der Waals surface area contributed by atoms with Crippen molar-refractivity contribution >= 4 is 11.7 Å². The lowest BCUT2D eigenvalue weighted by molar-refractivity contribution is -0.138. The number of aliphatic carboxylic acids is 1. The Morgan fingerprint density at radius 3 is 2.72 bits per heavy atom. The van der Waals surface area contributed by atoms with Crippen molar-refractivity contribution in [1.29, 1.82) is 0 Å². The molecule has 102 valence electrons. The van der Waals surface area contributed by atoms with Gasteiger partial charge in [-0.2, -0.15) is 5.10 Å². The monoisotopic (exact) mass is 253 g/mol. The summed E-state index contributed by atoms with van der Waals surface area (Å²) in [6.45, 7) is 6.16. The molecule has 0 aromatic carbocycles. The van der Waals surface area contributed by atoms with Gasteiger partial charge in [0.25, 0.3) is 0 Å². The highest BCUT2D eigenvalue weighted by Crippen LogP contribution is 2.23. The summed E-state index contributed by atoms with van der Waals surface area (Å²) in [6.07, 6.45) is 4.38. The minimum atomic E-state index is -0.804. The molecular weight excluding hydrogens is 230 g/mol. The summed E-state index contributed by atoms with van der Waals surface area (Å²) in [6, 6.07) is -0.536. The van der Waals surface area contributed by atoms with Crippen molar-refractivity contribution in [3.8, 4) is 0 Å². The number of nitrogens with one attached hydrogen (secondary N) is 1. The molecule has 1 atom stereocenters. The molecule has 0 fully saturated rings. The van der Waals surface area contributed by atoms with E-state index in [1.165, 1.54) is 0 Å². The van der Waals surface area contributed by atoms with E-state index in [1.54, 1.807) is 4.68 Å². The van der Waals surface area contributed by atoms with Gasteiger partial charge in [-0.1, -0.05) is 33.6 Å². The van der Waals surface area contributed by atoms with Crippen molar-refractivity contribution < 1.29 is 9.90 Å². The molecule has 0 aliphatic heterocycles. The Labute approximate surface area is 108 Å². The van der Waals surface area contributed by atoms with Gasteiger partial charge >= 0.3 is 5.97 Å². The highest BCUT2D eigenvalue weighted by atomic mass is 16.4. The topological polar surface area (TPSA) is 67.2 Å². The highest BCUT2D eigenvalue weighted by Gasteiger charge is 2.20. The molecule has 0 bridgehead atoms. The lowest BCUT2D eigenvalue weighted by Crippen LogP contribution is -2.29. The number of aryl methyl sites for hydroxylation is 1. The van der Waals surface area contributed by atoms with E-state index in [-0.39, 0.29) is 5.92 Å². The number of carboxylic acids is 1. The average Bonchev–Trinajstić information content (AvgIpc) is 2.65. The lowest BCUT2D eigenvalue weighted by atomic mass is 10.1. The SMILES string of the molecule is CCCCC(Nc1cn(C)nc1C(C)C)C(=O)O. The minimum Gasteiger partial charge on any atom is -0.480 e. The van der Waals surface area contributed by atoms with Crippen molar-refractivity contribution in [2.75, 3.05) is 5.32 Å². The van der Waals surface area contributed by atoms with Gasteiger partial charge < -0.3 is 10.4 Å². The van der Waals surface area contributed by atoms with Crippen LogP contribution in [-0.2, 0) is 11.8 Å². The van der Waals surface area contributed by atoms with E-state index in [2.05, 4.69) is 31.2 Å². The first-order valence-electron chi connectivity index (χ1n) is 6.48. The van der Waals surface area contributed by atoms with Crippen molar-refractivity contribution in [1.82, 2.24) is 9.78 Å². The Bertz CT molecular complexity index is 399. The molecule has 0 aliphatic rings. The molecular formula is C13H23N3O2. The zero-order valence-corrected chi connectivity index (χ0v) is 11.6. The van der Waals surface area contributed by atoms with Gasteiger partial charge in [0.05, 0.1) is 11.4 Å². The highest BCUT2D eigenvalue weighted by molar-refractivity contribution is 5.77. The minimum absolute atomic E-state index is 0.273. The Kier molecular flexibility index (Phi) is 5.19. The molecule has 1 aromatic heterocycles. The Morgan fingerprint density at radius 1 is 1.56 bits per heavy atom. The molecule has 0 amide bonds.